The van der Waals surface area contributed by atoms with Crippen LogP contribution in [0.2, 0.25) is 0 Å². The van der Waals surface area contributed by atoms with E-state index in [1.54, 1.807) is 4.88 Å². The van der Waals surface area contributed by atoms with E-state index in [9.17, 15) is 0 Å². The number of rotatable bonds is 3. The van der Waals surface area contributed by atoms with Crippen molar-refractivity contribution in [2.24, 2.45) is 5.92 Å². The van der Waals surface area contributed by atoms with Gasteiger partial charge in [0, 0.05) is 9.75 Å². The van der Waals surface area contributed by atoms with Gasteiger partial charge in [0.25, 0.3) is 0 Å². The Bertz CT molecular complexity index is 235. The fourth-order valence-corrected chi connectivity index (χ4v) is 2.89. The minimum atomic E-state index is 0.767. The first kappa shape index (κ1) is 9.79. The lowest BCUT2D eigenvalue weighted by atomic mass is 9.92. The van der Waals surface area contributed by atoms with Gasteiger partial charge in [-0.2, -0.15) is 0 Å². The van der Waals surface area contributed by atoms with Crippen LogP contribution in [0.1, 0.15) is 42.9 Å². The van der Waals surface area contributed by atoms with Gasteiger partial charge in [-0.25, -0.2) is 0 Å². The van der Waals surface area contributed by atoms with E-state index in [4.69, 9.17) is 0 Å². The molecule has 0 saturated heterocycles. The quantitative estimate of drug-likeness (QED) is 0.657. The minimum Gasteiger partial charge on any atom is -0.145 e. The Morgan fingerprint density at radius 2 is 2.00 bits per heavy atom. The monoisotopic (exact) mass is 182 g/mol. The molecule has 0 amide bonds. The molecule has 1 rings (SSSR count). The van der Waals surface area contributed by atoms with Crippen LogP contribution < -0.4 is 0 Å². The van der Waals surface area contributed by atoms with Gasteiger partial charge in [-0.05, 0) is 37.3 Å². The normalized spacial score (nSPS) is 13.8. The van der Waals surface area contributed by atoms with E-state index in [2.05, 4.69) is 39.8 Å². The molecule has 1 atom stereocenters. The molecule has 1 heteroatoms. The summed E-state index contributed by atoms with van der Waals surface area (Å²) in [6.07, 6.45) is 1.26. The second-order valence-corrected chi connectivity index (χ2v) is 5.03. The highest BCUT2D eigenvalue weighted by Crippen LogP contribution is 2.32. The van der Waals surface area contributed by atoms with Crippen molar-refractivity contribution < 1.29 is 0 Å². The Morgan fingerprint density at radius 3 is 2.33 bits per heavy atom. The van der Waals surface area contributed by atoms with Crippen LogP contribution in [0.15, 0.2) is 12.1 Å². The highest BCUT2D eigenvalue weighted by molar-refractivity contribution is 7.12. The topological polar surface area (TPSA) is 0 Å². The molecule has 68 valence electrons. The fourth-order valence-electron chi connectivity index (χ4n) is 1.65. The van der Waals surface area contributed by atoms with Crippen LogP contribution in [0.3, 0.4) is 0 Å². The Hall–Kier alpha value is -0.300. The zero-order valence-electron chi connectivity index (χ0n) is 8.42. The molecule has 0 aromatic carbocycles. The summed E-state index contributed by atoms with van der Waals surface area (Å²) < 4.78 is 0. The van der Waals surface area contributed by atoms with Gasteiger partial charge < -0.3 is 0 Å². The van der Waals surface area contributed by atoms with Crippen LogP contribution in [-0.4, -0.2) is 0 Å². The summed E-state index contributed by atoms with van der Waals surface area (Å²) in [4.78, 5) is 2.99. The van der Waals surface area contributed by atoms with Crippen molar-refractivity contribution in [2.45, 2.75) is 40.0 Å². The molecule has 0 aliphatic rings. The molecule has 0 aliphatic carbocycles. The molecular formula is C11H18S. The van der Waals surface area contributed by atoms with Gasteiger partial charge in [-0.15, -0.1) is 11.3 Å². The highest BCUT2D eigenvalue weighted by Gasteiger charge is 2.14. The van der Waals surface area contributed by atoms with E-state index in [0.717, 1.165) is 11.8 Å². The first-order valence-electron chi connectivity index (χ1n) is 4.71. The smallest absolute Gasteiger partial charge is 0.00814 e. The second kappa shape index (κ2) is 4.08. The predicted octanol–water partition coefficient (Wildman–Crippen LogP) is 4.21. The third-order valence-electron chi connectivity index (χ3n) is 2.37. The zero-order valence-corrected chi connectivity index (χ0v) is 9.24. The molecule has 1 aromatic rings. The van der Waals surface area contributed by atoms with Crippen LogP contribution in [0, 0.1) is 12.8 Å². The van der Waals surface area contributed by atoms with Crippen molar-refractivity contribution >= 4 is 11.3 Å². The predicted molar refractivity (Wildman–Crippen MR) is 56.9 cm³/mol. The van der Waals surface area contributed by atoms with E-state index in [-0.39, 0.29) is 0 Å². The summed E-state index contributed by atoms with van der Waals surface area (Å²) in [5.74, 6) is 1.54. The lowest BCUT2D eigenvalue weighted by Gasteiger charge is -2.16. The summed E-state index contributed by atoms with van der Waals surface area (Å²) in [5, 5.41) is 0. The number of aryl methyl sites for hydroxylation is 1. The van der Waals surface area contributed by atoms with Crippen molar-refractivity contribution in [3.8, 4) is 0 Å². The molecule has 0 aliphatic heterocycles. The van der Waals surface area contributed by atoms with E-state index < -0.39 is 0 Å². The Labute approximate surface area is 79.6 Å². The van der Waals surface area contributed by atoms with Crippen LogP contribution in [0.5, 0.6) is 0 Å². The van der Waals surface area contributed by atoms with E-state index in [1.165, 1.54) is 11.3 Å². The van der Waals surface area contributed by atoms with Gasteiger partial charge in [0.2, 0.25) is 0 Å². The van der Waals surface area contributed by atoms with Crippen LogP contribution >= 0.6 is 11.3 Å². The third-order valence-corrected chi connectivity index (χ3v) is 3.50. The largest absolute Gasteiger partial charge is 0.145 e. The second-order valence-electron chi connectivity index (χ2n) is 3.71. The van der Waals surface area contributed by atoms with E-state index in [1.807, 2.05) is 11.3 Å². The van der Waals surface area contributed by atoms with Crippen molar-refractivity contribution in [3.05, 3.63) is 21.9 Å². The molecule has 0 fully saturated rings. The molecule has 0 N–H and O–H groups in total. The Morgan fingerprint density at radius 1 is 1.33 bits per heavy atom. The summed E-state index contributed by atoms with van der Waals surface area (Å²) >= 11 is 1.95. The standard InChI is InChI=1S/C11H18S/c1-5-10(8(2)3)11-7-6-9(4)12-11/h6-8,10H,5H2,1-4H3/t10-/m0/s1. The van der Waals surface area contributed by atoms with Crippen molar-refractivity contribution in [2.75, 3.05) is 0 Å². The highest BCUT2D eigenvalue weighted by atomic mass is 32.1. The molecule has 0 nitrogen and oxygen atoms in total. The van der Waals surface area contributed by atoms with Crippen molar-refractivity contribution in [1.29, 1.82) is 0 Å². The number of hydrogen-bond acceptors (Lipinski definition) is 1. The molecule has 1 aromatic heterocycles. The summed E-state index contributed by atoms with van der Waals surface area (Å²) in [6, 6.07) is 4.51. The SMILES string of the molecule is CC[C@H](c1ccc(C)s1)C(C)C. The Kier molecular flexibility index (Phi) is 3.33. The Balaban J connectivity index is 2.80. The maximum Gasteiger partial charge on any atom is 0.00814 e. The van der Waals surface area contributed by atoms with Gasteiger partial charge in [-0.3, -0.25) is 0 Å². The maximum absolute atomic E-state index is 2.31. The third kappa shape index (κ3) is 2.10. The summed E-state index contributed by atoms with van der Waals surface area (Å²) in [5.41, 5.74) is 0. The molecule has 12 heavy (non-hydrogen) atoms. The van der Waals surface area contributed by atoms with Gasteiger partial charge >= 0.3 is 0 Å². The maximum atomic E-state index is 2.31. The molecule has 0 spiro atoms. The van der Waals surface area contributed by atoms with E-state index >= 15 is 0 Å². The van der Waals surface area contributed by atoms with Crippen LogP contribution in [0.4, 0.5) is 0 Å². The molecule has 0 unspecified atom stereocenters. The van der Waals surface area contributed by atoms with Crippen LogP contribution in [0.25, 0.3) is 0 Å². The molecule has 0 radical (unpaired) electrons. The first-order chi connectivity index (χ1) is 5.65. The fraction of sp³-hybridized carbons (Fsp3) is 0.636. The zero-order chi connectivity index (χ0) is 9.14. The van der Waals surface area contributed by atoms with Crippen molar-refractivity contribution in [3.63, 3.8) is 0 Å². The average Bonchev–Trinajstić information content (AvgIpc) is 2.37. The van der Waals surface area contributed by atoms with E-state index in [0.29, 0.717) is 0 Å². The average molecular weight is 182 g/mol. The van der Waals surface area contributed by atoms with Gasteiger partial charge in [0.15, 0.2) is 0 Å². The number of thiophene rings is 1. The van der Waals surface area contributed by atoms with Gasteiger partial charge in [-0.1, -0.05) is 20.8 Å². The first-order valence-corrected chi connectivity index (χ1v) is 5.53. The minimum absolute atomic E-state index is 0.767. The molecule has 0 bridgehead atoms. The van der Waals surface area contributed by atoms with Crippen LogP contribution in [-0.2, 0) is 0 Å². The summed E-state index contributed by atoms with van der Waals surface area (Å²) in [7, 11) is 0. The summed E-state index contributed by atoms with van der Waals surface area (Å²) in [6.45, 7) is 9.08. The molecule has 0 saturated carbocycles. The number of hydrogen-bond donors (Lipinski definition) is 0. The lowest BCUT2D eigenvalue weighted by Crippen LogP contribution is -2.02. The lowest BCUT2D eigenvalue weighted by molar-refractivity contribution is 0.492. The van der Waals surface area contributed by atoms with Crippen molar-refractivity contribution in [1.82, 2.24) is 0 Å². The molecule has 1 heterocycles. The van der Waals surface area contributed by atoms with Gasteiger partial charge in [0.1, 0.15) is 0 Å². The molecular weight excluding hydrogens is 164 g/mol. The van der Waals surface area contributed by atoms with Gasteiger partial charge in [0.05, 0.1) is 0 Å².